The third kappa shape index (κ3) is 3.95. The van der Waals surface area contributed by atoms with Crippen molar-refractivity contribution in [1.82, 2.24) is 5.32 Å². The zero-order chi connectivity index (χ0) is 13.7. The standard InChI is InChI=1S/C16H25NO2/c1-3-5-13(18)11-17-15-6-4-9-19-16-8-7-12(2)10-14(15)16/h7-8,10,13,15,17-18H,3-6,9,11H2,1-2H3. The van der Waals surface area contributed by atoms with Gasteiger partial charge in [0.2, 0.25) is 0 Å². The first-order chi connectivity index (χ1) is 9.20. The molecule has 2 N–H and O–H groups in total. The van der Waals surface area contributed by atoms with Crippen LogP contribution in [0.2, 0.25) is 0 Å². The van der Waals surface area contributed by atoms with Gasteiger partial charge in [0, 0.05) is 18.2 Å². The van der Waals surface area contributed by atoms with Crippen molar-refractivity contribution in [1.29, 1.82) is 0 Å². The van der Waals surface area contributed by atoms with Crippen LogP contribution in [-0.2, 0) is 0 Å². The molecule has 1 aliphatic heterocycles. The highest BCUT2D eigenvalue weighted by atomic mass is 16.5. The molecule has 0 aromatic heterocycles. The first-order valence-corrected chi connectivity index (χ1v) is 7.35. The van der Waals surface area contributed by atoms with Gasteiger partial charge in [0.15, 0.2) is 0 Å². The Morgan fingerprint density at radius 1 is 1.47 bits per heavy atom. The maximum atomic E-state index is 9.86. The van der Waals surface area contributed by atoms with E-state index in [1.165, 1.54) is 11.1 Å². The number of aliphatic hydroxyl groups excluding tert-OH is 1. The van der Waals surface area contributed by atoms with Gasteiger partial charge in [-0.3, -0.25) is 0 Å². The second-order valence-electron chi connectivity index (χ2n) is 5.44. The van der Waals surface area contributed by atoms with Gasteiger partial charge in [-0.05, 0) is 32.3 Å². The molecule has 0 fully saturated rings. The van der Waals surface area contributed by atoms with Gasteiger partial charge in [0.05, 0.1) is 12.7 Å². The van der Waals surface area contributed by atoms with Crippen molar-refractivity contribution in [3.63, 3.8) is 0 Å². The molecule has 2 unspecified atom stereocenters. The summed E-state index contributed by atoms with van der Waals surface area (Å²) in [6, 6.07) is 6.65. The molecule has 2 atom stereocenters. The molecule has 106 valence electrons. The summed E-state index contributed by atoms with van der Waals surface area (Å²) in [4.78, 5) is 0. The zero-order valence-electron chi connectivity index (χ0n) is 12.0. The van der Waals surface area contributed by atoms with Gasteiger partial charge in [0.1, 0.15) is 5.75 Å². The van der Waals surface area contributed by atoms with Gasteiger partial charge in [0.25, 0.3) is 0 Å². The van der Waals surface area contributed by atoms with Gasteiger partial charge in [-0.25, -0.2) is 0 Å². The van der Waals surface area contributed by atoms with Crippen LogP contribution in [0.25, 0.3) is 0 Å². The highest BCUT2D eigenvalue weighted by Crippen LogP contribution is 2.32. The maximum absolute atomic E-state index is 9.86. The number of nitrogens with one attached hydrogen (secondary N) is 1. The lowest BCUT2D eigenvalue weighted by molar-refractivity contribution is 0.155. The van der Waals surface area contributed by atoms with Gasteiger partial charge < -0.3 is 15.2 Å². The number of hydrogen-bond acceptors (Lipinski definition) is 3. The van der Waals surface area contributed by atoms with E-state index < -0.39 is 0 Å². The van der Waals surface area contributed by atoms with Crippen LogP contribution in [0, 0.1) is 6.92 Å². The van der Waals surface area contributed by atoms with Crippen LogP contribution in [0.15, 0.2) is 18.2 Å². The molecule has 0 amide bonds. The van der Waals surface area contributed by atoms with E-state index in [2.05, 4.69) is 37.4 Å². The molecule has 3 heteroatoms. The highest BCUT2D eigenvalue weighted by Gasteiger charge is 2.20. The van der Waals surface area contributed by atoms with Crippen LogP contribution in [0.4, 0.5) is 0 Å². The fraction of sp³-hybridized carbons (Fsp3) is 0.625. The van der Waals surface area contributed by atoms with Crippen molar-refractivity contribution in [2.45, 2.75) is 51.7 Å². The zero-order valence-corrected chi connectivity index (χ0v) is 12.0. The Hall–Kier alpha value is -1.06. The van der Waals surface area contributed by atoms with E-state index in [0.717, 1.165) is 38.0 Å². The minimum Gasteiger partial charge on any atom is -0.493 e. The Balaban J connectivity index is 2.06. The SMILES string of the molecule is CCCC(O)CNC1CCCOc2ccc(C)cc21. The molecule has 1 aliphatic rings. The molecule has 0 aliphatic carbocycles. The van der Waals surface area contributed by atoms with E-state index in [-0.39, 0.29) is 6.10 Å². The molecule has 1 aromatic rings. The first-order valence-electron chi connectivity index (χ1n) is 7.35. The van der Waals surface area contributed by atoms with E-state index in [4.69, 9.17) is 4.74 Å². The predicted octanol–water partition coefficient (Wildman–Crippen LogP) is 2.96. The van der Waals surface area contributed by atoms with Crippen LogP contribution in [-0.4, -0.2) is 24.4 Å². The van der Waals surface area contributed by atoms with Crippen LogP contribution in [0.3, 0.4) is 0 Å². The van der Waals surface area contributed by atoms with Gasteiger partial charge >= 0.3 is 0 Å². The molecule has 19 heavy (non-hydrogen) atoms. The van der Waals surface area contributed by atoms with Crippen molar-refractivity contribution in [2.24, 2.45) is 0 Å². The minimum atomic E-state index is -0.248. The molecule has 0 saturated carbocycles. The van der Waals surface area contributed by atoms with E-state index in [1.54, 1.807) is 0 Å². The Bertz CT molecular complexity index is 406. The molecule has 1 aromatic carbocycles. The van der Waals surface area contributed by atoms with E-state index >= 15 is 0 Å². The summed E-state index contributed by atoms with van der Waals surface area (Å²) in [5.74, 6) is 0.991. The quantitative estimate of drug-likeness (QED) is 0.858. The van der Waals surface area contributed by atoms with E-state index in [1.807, 2.05) is 0 Å². The third-order valence-corrected chi connectivity index (χ3v) is 3.66. The van der Waals surface area contributed by atoms with Crippen molar-refractivity contribution >= 4 is 0 Å². The normalized spacial score (nSPS) is 20.3. The lowest BCUT2D eigenvalue weighted by atomic mass is 9.99. The largest absolute Gasteiger partial charge is 0.493 e. The summed E-state index contributed by atoms with van der Waals surface area (Å²) in [5, 5.41) is 13.4. The summed E-state index contributed by atoms with van der Waals surface area (Å²) in [6.45, 7) is 5.65. The Labute approximate surface area is 116 Å². The third-order valence-electron chi connectivity index (χ3n) is 3.66. The maximum Gasteiger partial charge on any atom is 0.124 e. The second kappa shape index (κ2) is 6.92. The highest BCUT2D eigenvalue weighted by molar-refractivity contribution is 5.39. The average molecular weight is 263 g/mol. The lowest BCUT2D eigenvalue weighted by Gasteiger charge is -2.21. The summed E-state index contributed by atoms with van der Waals surface area (Å²) >= 11 is 0. The molecule has 1 heterocycles. The molecule has 0 spiro atoms. The topological polar surface area (TPSA) is 41.5 Å². The molecule has 3 nitrogen and oxygen atoms in total. The van der Waals surface area contributed by atoms with Crippen LogP contribution in [0.5, 0.6) is 5.75 Å². The molecular weight excluding hydrogens is 238 g/mol. The number of benzene rings is 1. The molecule has 0 bridgehead atoms. The number of rotatable bonds is 5. The smallest absolute Gasteiger partial charge is 0.124 e. The second-order valence-corrected chi connectivity index (χ2v) is 5.44. The Morgan fingerprint density at radius 3 is 3.11 bits per heavy atom. The number of ether oxygens (including phenoxy) is 1. The fourth-order valence-electron chi connectivity index (χ4n) is 2.62. The van der Waals surface area contributed by atoms with Crippen LogP contribution in [0.1, 0.15) is 49.8 Å². The molecule has 0 radical (unpaired) electrons. The van der Waals surface area contributed by atoms with Crippen molar-refractivity contribution < 1.29 is 9.84 Å². The summed E-state index contributed by atoms with van der Waals surface area (Å²) in [6.07, 6.45) is 3.75. The number of aryl methyl sites for hydroxylation is 1. The van der Waals surface area contributed by atoms with Crippen molar-refractivity contribution in [3.8, 4) is 5.75 Å². The number of hydrogen-bond donors (Lipinski definition) is 2. The summed E-state index contributed by atoms with van der Waals surface area (Å²) < 4.78 is 5.79. The van der Waals surface area contributed by atoms with Crippen molar-refractivity contribution in [2.75, 3.05) is 13.2 Å². The first kappa shape index (κ1) is 14.4. The minimum absolute atomic E-state index is 0.248. The summed E-state index contributed by atoms with van der Waals surface area (Å²) in [5.41, 5.74) is 2.49. The van der Waals surface area contributed by atoms with Gasteiger partial charge in [-0.1, -0.05) is 31.0 Å². The predicted molar refractivity (Wildman–Crippen MR) is 77.6 cm³/mol. The van der Waals surface area contributed by atoms with E-state index in [0.29, 0.717) is 12.6 Å². The summed E-state index contributed by atoms with van der Waals surface area (Å²) in [7, 11) is 0. The molecule has 0 saturated heterocycles. The average Bonchev–Trinajstić information content (AvgIpc) is 2.59. The van der Waals surface area contributed by atoms with E-state index in [9.17, 15) is 5.11 Å². The van der Waals surface area contributed by atoms with Crippen LogP contribution >= 0.6 is 0 Å². The fourth-order valence-corrected chi connectivity index (χ4v) is 2.62. The van der Waals surface area contributed by atoms with Crippen LogP contribution < -0.4 is 10.1 Å². The number of fused-ring (bicyclic) bond motifs is 1. The Kier molecular flexibility index (Phi) is 5.23. The van der Waals surface area contributed by atoms with Gasteiger partial charge in [-0.2, -0.15) is 0 Å². The van der Waals surface area contributed by atoms with Crippen molar-refractivity contribution in [3.05, 3.63) is 29.3 Å². The number of aliphatic hydroxyl groups is 1. The monoisotopic (exact) mass is 263 g/mol. The molecular formula is C16H25NO2. The Morgan fingerprint density at radius 2 is 2.32 bits per heavy atom. The van der Waals surface area contributed by atoms with Gasteiger partial charge in [-0.15, -0.1) is 0 Å². The molecule has 2 rings (SSSR count). The lowest BCUT2D eigenvalue weighted by Crippen LogP contribution is -2.30.